The number of nitrogens with zero attached hydrogens (tertiary/aromatic N) is 2. The van der Waals surface area contributed by atoms with E-state index in [2.05, 4.69) is 15.5 Å². The summed E-state index contributed by atoms with van der Waals surface area (Å²) in [6.45, 7) is 0.115. The van der Waals surface area contributed by atoms with Crippen LogP contribution in [0.2, 0.25) is 0 Å². The van der Waals surface area contributed by atoms with Crippen molar-refractivity contribution < 1.29 is 13.9 Å². The first-order valence-corrected chi connectivity index (χ1v) is 7.06. The predicted octanol–water partition coefficient (Wildman–Crippen LogP) is 3.09. The highest BCUT2D eigenvalue weighted by Gasteiger charge is 2.11. The molecule has 3 rings (SSSR count). The largest absolute Gasteiger partial charge is 0.418 e. The summed E-state index contributed by atoms with van der Waals surface area (Å²) in [6.07, 6.45) is -0.572. The number of aromatic nitrogens is 2. The molecule has 0 saturated heterocycles. The summed E-state index contributed by atoms with van der Waals surface area (Å²) in [5.74, 6) is 1.24. The van der Waals surface area contributed by atoms with Crippen molar-refractivity contribution in [3.05, 3.63) is 53.7 Å². The number of carbonyl (C=O) groups excluding carboxylic acids is 1. The van der Waals surface area contributed by atoms with Crippen LogP contribution >= 0.6 is 11.3 Å². The van der Waals surface area contributed by atoms with Crippen LogP contribution < -0.4 is 10.1 Å². The Kier molecular flexibility index (Phi) is 3.92. The van der Waals surface area contributed by atoms with Crippen LogP contribution in [-0.2, 0) is 6.54 Å². The van der Waals surface area contributed by atoms with Crippen LogP contribution in [0.25, 0.3) is 10.8 Å². The molecule has 106 valence electrons. The summed E-state index contributed by atoms with van der Waals surface area (Å²) in [5, 5.41) is 12.3. The van der Waals surface area contributed by atoms with E-state index < -0.39 is 6.09 Å². The van der Waals surface area contributed by atoms with Crippen LogP contribution in [0, 0.1) is 0 Å². The summed E-state index contributed by atoms with van der Waals surface area (Å²) in [6, 6.07) is 12.6. The lowest BCUT2D eigenvalue weighted by Crippen LogP contribution is -2.26. The number of carbonyl (C=O) groups is 1. The predicted molar refractivity (Wildman–Crippen MR) is 76.9 cm³/mol. The van der Waals surface area contributed by atoms with E-state index in [0.29, 0.717) is 17.5 Å². The van der Waals surface area contributed by atoms with E-state index in [1.165, 1.54) is 11.3 Å². The van der Waals surface area contributed by atoms with Gasteiger partial charge in [-0.3, -0.25) is 0 Å². The second-order valence-electron chi connectivity index (χ2n) is 4.03. The fourth-order valence-corrected chi connectivity index (χ4v) is 2.25. The highest BCUT2D eigenvalue weighted by molar-refractivity contribution is 7.13. The van der Waals surface area contributed by atoms with E-state index >= 15 is 0 Å². The Balaban J connectivity index is 1.54. The number of hydrogen-bond donors (Lipinski definition) is 1. The number of thiophene rings is 1. The van der Waals surface area contributed by atoms with Gasteiger partial charge in [0.1, 0.15) is 5.75 Å². The summed E-state index contributed by atoms with van der Waals surface area (Å²) in [7, 11) is 0. The molecule has 0 aliphatic carbocycles. The lowest BCUT2D eigenvalue weighted by Gasteiger charge is -2.03. The second kappa shape index (κ2) is 6.19. The molecule has 0 fully saturated rings. The van der Waals surface area contributed by atoms with Gasteiger partial charge in [-0.15, -0.1) is 21.5 Å². The van der Waals surface area contributed by atoms with E-state index in [1.54, 1.807) is 24.3 Å². The zero-order valence-corrected chi connectivity index (χ0v) is 11.7. The molecular weight excluding hydrogens is 290 g/mol. The molecule has 0 aliphatic heterocycles. The average Bonchev–Trinajstić information content (AvgIpc) is 3.17. The maximum absolute atomic E-state index is 11.6. The number of nitrogens with one attached hydrogen (secondary N) is 1. The third kappa shape index (κ3) is 3.46. The van der Waals surface area contributed by atoms with Gasteiger partial charge in [0.05, 0.1) is 11.4 Å². The van der Waals surface area contributed by atoms with Crippen LogP contribution in [0.4, 0.5) is 4.79 Å². The molecule has 21 heavy (non-hydrogen) atoms. The fourth-order valence-electron chi connectivity index (χ4n) is 1.60. The minimum atomic E-state index is -0.572. The van der Waals surface area contributed by atoms with E-state index in [-0.39, 0.29) is 6.54 Å². The molecule has 1 amide bonds. The third-order valence-corrected chi connectivity index (χ3v) is 3.39. The fraction of sp³-hybridized carbons (Fsp3) is 0.0714. The van der Waals surface area contributed by atoms with Crippen molar-refractivity contribution >= 4 is 17.4 Å². The first kappa shape index (κ1) is 13.3. The molecule has 1 aromatic carbocycles. The molecule has 2 heterocycles. The SMILES string of the molecule is O=C(NCc1nnc(-c2cccs2)o1)Oc1ccccc1. The van der Waals surface area contributed by atoms with Gasteiger partial charge in [0.2, 0.25) is 5.89 Å². The van der Waals surface area contributed by atoms with Gasteiger partial charge in [-0.25, -0.2) is 4.79 Å². The van der Waals surface area contributed by atoms with Crippen molar-refractivity contribution in [2.75, 3.05) is 0 Å². The molecule has 2 aromatic heterocycles. The van der Waals surface area contributed by atoms with Gasteiger partial charge < -0.3 is 14.5 Å². The van der Waals surface area contributed by atoms with Gasteiger partial charge >= 0.3 is 6.09 Å². The van der Waals surface area contributed by atoms with Crippen molar-refractivity contribution in [3.63, 3.8) is 0 Å². The molecule has 1 N–H and O–H groups in total. The molecule has 7 heteroatoms. The summed E-state index contributed by atoms with van der Waals surface area (Å²) in [4.78, 5) is 12.5. The van der Waals surface area contributed by atoms with E-state index in [9.17, 15) is 4.79 Å². The minimum Gasteiger partial charge on any atom is -0.418 e. The topological polar surface area (TPSA) is 77.3 Å². The highest BCUT2D eigenvalue weighted by Crippen LogP contribution is 2.22. The second-order valence-corrected chi connectivity index (χ2v) is 4.98. The quantitative estimate of drug-likeness (QED) is 0.801. The molecule has 3 aromatic rings. The molecule has 0 atom stereocenters. The van der Waals surface area contributed by atoms with Gasteiger partial charge in [-0.05, 0) is 23.6 Å². The summed E-state index contributed by atoms with van der Waals surface area (Å²) >= 11 is 1.51. The Morgan fingerprint density at radius 1 is 1.19 bits per heavy atom. The van der Waals surface area contributed by atoms with Crippen LogP contribution in [0.1, 0.15) is 5.89 Å². The van der Waals surface area contributed by atoms with Crippen molar-refractivity contribution in [1.82, 2.24) is 15.5 Å². The van der Waals surface area contributed by atoms with Crippen LogP contribution in [0.15, 0.2) is 52.3 Å². The Labute approximate surface area is 124 Å². The summed E-state index contributed by atoms with van der Waals surface area (Å²) in [5.41, 5.74) is 0. The van der Waals surface area contributed by atoms with Crippen molar-refractivity contribution in [2.24, 2.45) is 0 Å². The number of hydrogen-bond acceptors (Lipinski definition) is 6. The Morgan fingerprint density at radius 3 is 2.81 bits per heavy atom. The number of ether oxygens (including phenoxy) is 1. The van der Waals surface area contributed by atoms with Gasteiger partial charge in [0, 0.05) is 0 Å². The first-order chi connectivity index (χ1) is 10.3. The van der Waals surface area contributed by atoms with Crippen LogP contribution in [0.5, 0.6) is 5.75 Å². The average molecular weight is 301 g/mol. The molecular formula is C14H11N3O3S. The zero-order chi connectivity index (χ0) is 14.5. The smallest absolute Gasteiger partial charge is 0.413 e. The Hall–Kier alpha value is -2.67. The van der Waals surface area contributed by atoms with Crippen LogP contribution in [0.3, 0.4) is 0 Å². The maximum atomic E-state index is 11.6. The molecule has 6 nitrogen and oxygen atoms in total. The lowest BCUT2D eigenvalue weighted by molar-refractivity contribution is 0.198. The molecule has 0 saturated carbocycles. The third-order valence-electron chi connectivity index (χ3n) is 2.54. The number of amides is 1. The van der Waals surface area contributed by atoms with E-state index in [0.717, 1.165) is 4.88 Å². The highest BCUT2D eigenvalue weighted by atomic mass is 32.1. The molecule has 0 aliphatic rings. The molecule has 0 bridgehead atoms. The molecule has 0 unspecified atom stereocenters. The number of benzene rings is 1. The van der Waals surface area contributed by atoms with Gasteiger partial charge in [-0.1, -0.05) is 24.3 Å². The number of para-hydroxylation sites is 1. The standard InChI is InChI=1S/C14H11N3O3S/c18-14(19-10-5-2-1-3-6-10)15-9-12-16-17-13(20-12)11-7-4-8-21-11/h1-8H,9H2,(H,15,18). The van der Waals surface area contributed by atoms with Gasteiger partial charge in [0.25, 0.3) is 5.89 Å². The zero-order valence-electron chi connectivity index (χ0n) is 10.9. The maximum Gasteiger partial charge on any atom is 0.413 e. The number of rotatable bonds is 4. The van der Waals surface area contributed by atoms with Crippen molar-refractivity contribution in [3.8, 4) is 16.5 Å². The van der Waals surface area contributed by atoms with E-state index in [1.807, 2.05) is 23.6 Å². The molecule has 0 spiro atoms. The van der Waals surface area contributed by atoms with E-state index in [4.69, 9.17) is 9.15 Å². The lowest BCUT2D eigenvalue weighted by atomic mass is 10.3. The van der Waals surface area contributed by atoms with Crippen molar-refractivity contribution in [1.29, 1.82) is 0 Å². The first-order valence-electron chi connectivity index (χ1n) is 6.18. The Bertz CT molecular complexity index is 710. The van der Waals surface area contributed by atoms with Gasteiger partial charge in [0.15, 0.2) is 0 Å². The monoisotopic (exact) mass is 301 g/mol. The molecule has 0 radical (unpaired) electrons. The van der Waals surface area contributed by atoms with Gasteiger partial charge in [-0.2, -0.15) is 0 Å². The van der Waals surface area contributed by atoms with Crippen molar-refractivity contribution in [2.45, 2.75) is 6.54 Å². The van der Waals surface area contributed by atoms with Crippen LogP contribution in [-0.4, -0.2) is 16.3 Å². The summed E-state index contributed by atoms with van der Waals surface area (Å²) < 4.78 is 10.5. The normalized spacial score (nSPS) is 10.3. The minimum absolute atomic E-state index is 0.115. The Morgan fingerprint density at radius 2 is 2.05 bits per heavy atom.